The van der Waals surface area contributed by atoms with Gasteiger partial charge in [0.1, 0.15) is 6.04 Å². The van der Waals surface area contributed by atoms with Crippen LogP contribution in [0.5, 0.6) is 0 Å². The van der Waals surface area contributed by atoms with Gasteiger partial charge in [0.15, 0.2) is 0 Å². The van der Waals surface area contributed by atoms with Crippen molar-refractivity contribution in [2.24, 2.45) is 11.8 Å². The molecule has 4 atom stereocenters. The summed E-state index contributed by atoms with van der Waals surface area (Å²) in [5.41, 5.74) is 0. The third-order valence-electron chi connectivity index (χ3n) is 4.78. The molecule has 120 valence electrons. The van der Waals surface area contributed by atoms with Crippen molar-refractivity contribution in [2.45, 2.75) is 31.4 Å². The van der Waals surface area contributed by atoms with Crippen LogP contribution in [0.15, 0.2) is 12.2 Å². The number of nitrogens with zero attached hydrogens (tertiary/aromatic N) is 2. The molecule has 2 heterocycles. The van der Waals surface area contributed by atoms with Crippen LogP contribution in [0.4, 0.5) is 0 Å². The summed E-state index contributed by atoms with van der Waals surface area (Å²) in [6, 6.07) is -0.610. The van der Waals surface area contributed by atoms with Crippen molar-refractivity contribution in [1.82, 2.24) is 9.80 Å². The molecule has 0 spiro atoms. The van der Waals surface area contributed by atoms with Crippen molar-refractivity contribution in [3.63, 3.8) is 0 Å². The van der Waals surface area contributed by atoms with Gasteiger partial charge in [0.25, 0.3) is 0 Å². The van der Waals surface area contributed by atoms with E-state index in [1.54, 1.807) is 4.90 Å². The van der Waals surface area contributed by atoms with E-state index in [0.29, 0.717) is 12.8 Å². The maximum absolute atomic E-state index is 12.4. The average molecular weight is 308 g/mol. The zero-order valence-corrected chi connectivity index (χ0v) is 12.5. The number of allylic oxidation sites excluding steroid dienone is 2. The van der Waals surface area contributed by atoms with Crippen LogP contribution in [0.25, 0.3) is 0 Å². The molecule has 0 saturated carbocycles. The lowest BCUT2D eigenvalue weighted by atomic mass is 9.85. The van der Waals surface area contributed by atoms with E-state index in [1.807, 2.05) is 12.2 Å². The van der Waals surface area contributed by atoms with E-state index in [1.165, 1.54) is 12.0 Å². The van der Waals surface area contributed by atoms with Gasteiger partial charge in [0.05, 0.1) is 31.7 Å². The van der Waals surface area contributed by atoms with Gasteiger partial charge in [-0.15, -0.1) is 0 Å². The monoisotopic (exact) mass is 308 g/mol. The Labute approximate surface area is 128 Å². The first-order valence-electron chi connectivity index (χ1n) is 7.53. The summed E-state index contributed by atoms with van der Waals surface area (Å²) in [4.78, 5) is 39.5. The number of hydrogen-bond acceptors (Lipinski definition) is 6. The summed E-state index contributed by atoms with van der Waals surface area (Å²) in [6.07, 6.45) is 4.67. The van der Waals surface area contributed by atoms with Crippen molar-refractivity contribution in [1.29, 1.82) is 0 Å². The molecule has 22 heavy (non-hydrogen) atoms. The van der Waals surface area contributed by atoms with Gasteiger partial charge in [-0.25, -0.2) is 0 Å². The van der Waals surface area contributed by atoms with Crippen LogP contribution in [0.2, 0.25) is 0 Å². The number of carbonyl (C=O) groups is 3. The Morgan fingerprint density at radius 1 is 1.27 bits per heavy atom. The summed E-state index contributed by atoms with van der Waals surface area (Å²) in [6.45, 7) is 0.298. The summed E-state index contributed by atoms with van der Waals surface area (Å²) in [5, 5.41) is 9.78. The summed E-state index contributed by atoms with van der Waals surface area (Å²) >= 11 is 0. The normalized spacial score (nSPS) is 35.1. The third-order valence-corrected chi connectivity index (χ3v) is 4.78. The molecule has 0 radical (unpaired) electrons. The van der Waals surface area contributed by atoms with E-state index < -0.39 is 18.1 Å². The average Bonchev–Trinajstić information content (AvgIpc) is 3.01. The second-order valence-corrected chi connectivity index (χ2v) is 6.10. The largest absolute Gasteiger partial charge is 0.468 e. The lowest BCUT2D eigenvalue weighted by Gasteiger charge is -2.26. The van der Waals surface area contributed by atoms with Crippen molar-refractivity contribution in [3.8, 4) is 0 Å². The zero-order valence-electron chi connectivity index (χ0n) is 12.5. The Morgan fingerprint density at radius 3 is 2.41 bits per heavy atom. The van der Waals surface area contributed by atoms with E-state index in [0.717, 1.165) is 0 Å². The van der Waals surface area contributed by atoms with E-state index in [2.05, 4.69) is 0 Å². The molecule has 1 N–H and O–H groups in total. The van der Waals surface area contributed by atoms with Crippen LogP contribution in [0.1, 0.15) is 19.3 Å². The van der Waals surface area contributed by atoms with Gasteiger partial charge in [0.2, 0.25) is 11.8 Å². The first kappa shape index (κ1) is 15.2. The van der Waals surface area contributed by atoms with Crippen LogP contribution in [0.3, 0.4) is 0 Å². The van der Waals surface area contributed by atoms with Crippen LogP contribution in [0, 0.1) is 11.8 Å². The molecule has 0 aromatic rings. The van der Waals surface area contributed by atoms with Crippen molar-refractivity contribution in [2.75, 3.05) is 20.3 Å². The zero-order chi connectivity index (χ0) is 15.9. The SMILES string of the molecule is COC(=O)[C@@H]1C[C@@H](O)CN1CN1C(=O)[C@H]2CC=CC[C@H]2C1=O. The quantitative estimate of drug-likeness (QED) is 0.430. The topological polar surface area (TPSA) is 87.2 Å². The van der Waals surface area contributed by atoms with Crippen molar-refractivity contribution >= 4 is 17.8 Å². The third kappa shape index (κ3) is 2.44. The number of aliphatic hydroxyl groups is 1. The molecule has 0 aromatic carbocycles. The molecule has 3 rings (SSSR count). The number of aliphatic hydroxyl groups excluding tert-OH is 1. The highest BCUT2D eigenvalue weighted by Gasteiger charge is 2.49. The minimum Gasteiger partial charge on any atom is -0.468 e. The number of likely N-dealkylation sites (tertiary alicyclic amines) is 2. The fourth-order valence-corrected chi connectivity index (χ4v) is 3.61. The first-order valence-corrected chi connectivity index (χ1v) is 7.53. The molecule has 0 unspecified atom stereocenters. The molecule has 2 fully saturated rings. The number of amides is 2. The Bertz CT molecular complexity index is 506. The van der Waals surface area contributed by atoms with Crippen LogP contribution < -0.4 is 0 Å². The van der Waals surface area contributed by atoms with E-state index in [-0.39, 0.29) is 43.3 Å². The molecule has 0 aromatic heterocycles. The predicted octanol–water partition coefficient (Wildman–Crippen LogP) is -0.497. The van der Waals surface area contributed by atoms with Crippen LogP contribution in [-0.2, 0) is 19.1 Å². The van der Waals surface area contributed by atoms with Gasteiger partial charge in [-0.05, 0) is 12.8 Å². The molecule has 2 aliphatic heterocycles. The van der Waals surface area contributed by atoms with Gasteiger partial charge in [-0.3, -0.25) is 24.2 Å². The number of imide groups is 1. The van der Waals surface area contributed by atoms with E-state index >= 15 is 0 Å². The number of hydrogen-bond donors (Lipinski definition) is 1. The Hall–Kier alpha value is -1.73. The number of methoxy groups -OCH3 is 1. The smallest absolute Gasteiger partial charge is 0.323 e. The van der Waals surface area contributed by atoms with Crippen molar-refractivity contribution < 1.29 is 24.2 Å². The maximum Gasteiger partial charge on any atom is 0.323 e. The van der Waals surface area contributed by atoms with Crippen LogP contribution in [-0.4, -0.2) is 65.2 Å². The summed E-state index contributed by atoms with van der Waals surface area (Å²) < 4.78 is 4.74. The number of β-amino-alcohol motifs (C(OH)–C–C–N with tert-alkyl or cyclic N) is 1. The Balaban J connectivity index is 1.74. The highest BCUT2D eigenvalue weighted by atomic mass is 16.5. The minimum absolute atomic E-state index is 0.0431. The molecule has 1 aliphatic carbocycles. The molecule has 7 nitrogen and oxygen atoms in total. The number of fused-ring (bicyclic) bond motifs is 1. The van der Waals surface area contributed by atoms with Crippen molar-refractivity contribution in [3.05, 3.63) is 12.2 Å². The number of ether oxygens (including phenoxy) is 1. The second-order valence-electron chi connectivity index (χ2n) is 6.10. The molecule has 0 bridgehead atoms. The molecule has 3 aliphatic rings. The van der Waals surface area contributed by atoms with Gasteiger partial charge < -0.3 is 9.84 Å². The molecular formula is C15H20N2O5. The summed E-state index contributed by atoms with van der Waals surface area (Å²) in [7, 11) is 1.29. The second kappa shape index (κ2) is 5.81. The lowest BCUT2D eigenvalue weighted by molar-refractivity contribution is -0.150. The van der Waals surface area contributed by atoms with E-state index in [9.17, 15) is 19.5 Å². The highest BCUT2D eigenvalue weighted by molar-refractivity contribution is 6.05. The Morgan fingerprint density at radius 2 is 1.86 bits per heavy atom. The molecular weight excluding hydrogens is 288 g/mol. The summed E-state index contributed by atoms with van der Waals surface area (Å²) in [5.74, 6) is -1.35. The van der Waals surface area contributed by atoms with E-state index in [4.69, 9.17) is 4.74 Å². The fourth-order valence-electron chi connectivity index (χ4n) is 3.61. The lowest BCUT2D eigenvalue weighted by Crippen LogP contribution is -2.46. The predicted molar refractivity (Wildman–Crippen MR) is 75.2 cm³/mol. The highest BCUT2D eigenvalue weighted by Crippen LogP contribution is 2.35. The number of esters is 1. The van der Waals surface area contributed by atoms with Gasteiger partial charge >= 0.3 is 5.97 Å². The fraction of sp³-hybridized carbons (Fsp3) is 0.667. The van der Waals surface area contributed by atoms with Crippen LogP contribution >= 0.6 is 0 Å². The van der Waals surface area contributed by atoms with Gasteiger partial charge in [0, 0.05) is 13.0 Å². The number of rotatable bonds is 3. The molecule has 7 heteroatoms. The van der Waals surface area contributed by atoms with Gasteiger partial charge in [-0.2, -0.15) is 0 Å². The number of carbonyl (C=O) groups excluding carboxylic acids is 3. The minimum atomic E-state index is -0.652. The molecule has 2 amide bonds. The maximum atomic E-state index is 12.4. The molecule has 2 saturated heterocycles. The Kier molecular flexibility index (Phi) is 4.01. The van der Waals surface area contributed by atoms with Gasteiger partial charge in [-0.1, -0.05) is 12.2 Å². The first-order chi connectivity index (χ1) is 10.5. The standard InChI is InChI=1S/C15H20N2O5/c1-22-15(21)12-6-9(18)7-16(12)8-17-13(19)10-4-2-3-5-11(10)14(17)20/h2-3,9-12,18H,4-8H2,1H3/t9-,10-,11+,12+/m1/s1.